The predicted molar refractivity (Wildman–Crippen MR) is 111 cm³/mol. The minimum absolute atomic E-state index is 0.584. The summed E-state index contributed by atoms with van der Waals surface area (Å²) in [5.74, 6) is 1.54. The van der Waals surface area contributed by atoms with Gasteiger partial charge >= 0.3 is 0 Å². The summed E-state index contributed by atoms with van der Waals surface area (Å²) >= 11 is 1.88. The van der Waals surface area contributed by atoms with E-state index < -0.39 is 0 Å². The maximum Gasteiger partial charge on any atom is 0.194 e. The van der Waals surface area contributed by atoms with E-state index in [1.54, 1.807) is 0 Å². The van der Waals surface area contributed by atoms with E-state index in [1.165, 1.54) is 34.8 Å². The Hall–Kier alpha value is -1.18. The number of thiazole rings is 1. The normalized spacial score (nSPS) is 19.9. The summed E-state index contributed by atoms with van der Waals surface area (Å²) in [6.07, 6.45) is 7.03. The van der Waals surface area contributed by atoms with Crippen LogP contribution >= 0.6 is 11.3 Å². The van der Waals surface area contributed by atoms with E-state index in [2.05, 4.69) is 24.2 Å². The predicted octanol–water partition coefficient (Wildman–Crippen LogP) is 2.86. The summed E-state index contributed by atoms with van der Waals surface area (Å²) in [6, 6.07) is 0. The van der Waals surface area contributed by atoms with Crippen LogP contribution in [0.4, 0.5) is 0 Å². The summed E-state index contributed by atoms with van der Waals surface area (Å²) in [4.78, 5) is 13.3. The molecule has 1 unspecified atom stereocenters. The van der Waals surface area contributed by atoms with Crippen LogP contribution in [0.5, 0.6) is 0 Å². The molecule has 1 aliphatic carbocycles. The third-order valence-corrected chi connectivity index (χ3v) is 6.19. The molecule has 1 aromatic rings. The first-order chi connectivity index (χ1) is 13.3. The van der Waals surface area contributed by atoms with Crippen LogP contribution in [-0.4, -0.2) is 62.4 Å². The van der Waals surface area contributed by atoms with Gasteiger partial charge in [-0.2, -0.15) is 0 Å². The number of hydrogen-bond donors (Lipinski definition) is 1. The second kappa shape index (κ2) is 11.0. The summed E-state index contributed by atoms with van der Waals surface area (Å²) in [5.41, 5.74) is 1.33. The van der Waals surface area contributed by atoms with Gasteiger partial charge < -0.3 is 19.7 Å². The first kappa shape index (κ1) is 20.6. The van der Waals surface area contributed by atoms with Gasteiger partial charge in [0.15, 0.2) is 5.96 Å². The van der Waals surface area contributed by atoms with Crippen molar-refractivity contribution in [3.63, 3.8) is 0 Å². The Morgan fingerprint density at radius 1 is 1.41 bits per heavy atom. The Kier molecular flexibility index (Phi) is 8.35. The van der Waals surface area contributed by atoms with Crippen LogP contribution in [0.25, 0.3) is 0 Å². The average Bonchev–Trinajstić information content (AvgIpc) is 3.32. The number of nitrogens with one attached hydrogen (secondary N) is 1. The highest BCUT2D eigenvalue weighted by Gasteiger charge is 2.17. The van der Waals surface area contributed by atoms with E-state index in [1.807, 2.05) is 11.3 Å². The quantitative estimate of drug-likeness (QED) is 0.396. The Labute approximate surface area is 167 Å². The van der Waals surface area contributed by atoms with Crippen molar-refractivity contribution in [3.8, 4) is 0 Å². The summed E-state index contributed by atoms with van der Waals surface area (Å²) in [5, 5.41) is 4.60. The fraction of sp³-hybridized carbons (Fsp3) is 0.800. The van der Waals surface area contributed by atoms with Crippen LogP contribution in [0.2, 0.25) is 0 Å². The van der Waals surface area contributed by atoms with Crippen molar-refractivity contribution < 1.29 is 9.47 Å². The number of aromatic nitrogens is 1. The lowest BCUT2D eigenvalue weighted by atomic mass is 10.0. The van der Waals surface area contributed by atoms with Gasteiger partial charge in [-0.1, -0.05) is 0 Å². The number of hydrogen-bond acceptors (Lipinski definition) is 5. The number of nitrogens with zero attached hydrogens (tertiary/aromatic N) is 3. The number of aliphatic imine (C=N–C) groups is 1. The molecule has 0 saturated carbocycles. The fourth-order valence-corrected chi connectivity index (χ4v) is 4.75. The van der Waals surface area contributed by atoms with Crippen LogP contribution in [0.15, 0.2) is 4.99 Å². The first-order valence-electron chi connectivity index (χ1n) is 10.4. The first-order valence-corrected chi connectivity index (χ1v) is 11.2. The van der Waals surface area contributed by atoms with Gasteiger partial charge in [0.05, 0.1) is 25.5 Å². The highest BCUT2D eigenvalue weighted by atomic mass is 32.1. The van der Waals surface area contributed by atoms with E-state index in [9.17, 15) is 0 Å². The Morgan fingerprint density at radius 3 is 3.07 bits per heavy atom. The maximum atomic E-state index is 5.77. The minimum Gasteiger partial charge on any atom is -0.381 e. The fourth-order valence-electron chi connectivity index (χ4n) is 3.54. The van der Waals surface area contributed by atoms with E-state index in [4.69, 9.17) is 19.5 Å². The maximum absolute atomic E-state index is 5.77. The molecule has 1 N–H and O–H groups in total. The molecule has 0 aromatic carbocycles. The molecule has 7 heteroatoms. The van der Waals surface area contributed by atoms with Gasteiger partial charge in [-0.3, -0.25) is 4.99 Å². The van der Waals surface area contributed by atoms with Crippen molar-refractivity contribution in [3.05, 3.63) is 15.6 Å². The molecule has 1 atom stereocenters. The number of aryl methyl sites for hydroxylation is 2. The van der Waals surface area contributed by atoms with Crippen LogP contribution in [0.1, 0.15) is 48.2 Å². The summed E-state index contributed by atoms with van der Waals surface area (Å²) < 4.78 is 11.1. The van der Waals surface area contributed by atoms with Crippen molar-refractivity contribution in [2.45, 2.75) is 52.0 Å². The second-order valence-corrected chi connectivity index (χ2v) is 8.60. The van der Waals surface area contributed by atoms with Gasteiger partial charge in [-0.15, -0.1) is 11.3 Å². The molecular formula is C20H34N4O2S. The van der Waals surface area contributed by atoms with E-state index in [-0.39, 0.29) is 0 Å². The van der Waals surface area contributed by atoms with Gasteiger partial charge in [0.25, 0.3) is 0 Å². The molecule has 1 aromatic heterocycles. The molecule has 0 bridgehead atoms. The zero-order chi connectivity index (χ0) is 18.9. The van der Waals surface area contributed by atoms with Crippen LogP contribution in [0.3, 0.4) is 0 Å². The molecule has 0 spiro atoms. The van der Waals surface area contributed by atoms with E-state index in [0.717, 1.165) is 71.3 Å². The lowest BCUT2D eigenvalue weighted by molar-refractivity contribution is 0.0893. The molecule has 1 aliphatic heterocycles. The standard InChI is InChI=1S/C20H34N4O2S/c1-3-21-20(22-10-6-11-25-14-16-9-12-26-15-16)24(2)13-19-23-17-7-4-5-8-18(17)27-19/h16H,3-15H2,1-2H3,(H,21,22). The smallest absolute Gasteiger partial charge is 0.194 e. The molecular weight excluding hydrogens is 360 g/mol. The van der Waals surface area contributed by atoms with Crippen molar-refractivity contribution >= 4 is 17.3 Å². The second-order valence-electron chi connectivity index (χ2n) is 7.43. The number of ether oxygens (including phenoxy) is 2. The van der Waals surface area contributed by atoms with Crippen molar-refractivity contribution in [1.29, 1.82) is 0 Å². The van der Waals surface area contributed by atoms with Crippen molar-refractivity contribution in [2.75, 3.05) is 46.6 Å². The van der Waals surface area contributed by atoms with Gasteiger partial charge in [-0.25, -0.2) is 4.98 Å². The van der Waals surface area contributed by atoms with Gasteiger partial charge in [-0.05, 0) is 45.4 Å². The summed E-state index contributed by atoms with van der Waals surface area (Å²) in [7, 11) is 2.10. The number of rotatable bonds is 9. The molecule has 3 rings (SSSR count). The van der Waals surface area contributed by atoms with Crippen molar-refractivity contribution in [1.82, 2.24) is 15.2 Å². The molecule has 0 radical (unpaired) electrons. The molecule has 27 heavy (non-hydrogen) atoms. The monoisotopic (exact) mass is 394 g/mol. The van der Waals surface area contributed by atoms with Crippen molar-refractivity contribution in [2.24, 2.45) is 10.9 Å². The topological polar surface area (TPSA) is 59.0 Å². The SMILES string of the molecule is CCNC(=NCCCOCC1CCOC1)N(C)Cc1nc2c(s1)CCCC2. The molecule has 2 heterocycles. The van der Waals surface area contributed by atoms with Gasteiger partial charge in [0.1, 0.15) is 5.01 Å². The molecule has 1 fully saturated rings. The Balaban J connectivity index is 1.42. The van der Waals surface area contributed by atoms with Crippen LogP contribution < -0.4 is 5.32 Å². The summed E-state index contributed by atoms with van der Waals surface area (Å²) in [6.45, 7) is 7.91. The highest BCUT2D eigenvalue weighted by Crippen LogP contribution is 2.27. The van der Waals surface area contributed by atoms with Gasteiger partial charge in [0.2, 0.25) is 0 Å². The largest absolute Gasteiger partial charge is 0.381 e. The van der Waals surface area contributed by atoms with Crippen LogP contribution in [-0.2, 0) is 28.9 Å². The van der Waals surface area contributed by atoms with E-state index >= 15 is 0 Å². The molecule has 2 aliphatic rings. The van der Waals surface area contributed by atoms with E-state index in [0.29, 0.717) is 5.92 Å². The molecule has 152 valence electrons. The average molecular weight is 395 g/mol. The zero-order valence-electron chi connectivity index (χ0n) is 16.8. The zero-order valence-corrected chi connectivity index (χ0v) is 17.7. The lowest BCUT2D eigenvalue weighted by Gasteiger charge is -2.21. The van der Waals surface area contributed by atoms with Gasteiger partial charge in [0, 0.05) is 44.1 Å². The number of guanidine groups is 1. The lowest BCUT2D eigenvalue weighted by Crippen LogP contribution is -2.38. The third kappa shape index (κ3) is 6.43. The Morgan fingerprint density at radius 2 is 2.30 bits per heavy atom. The molecule has 6 nitrogen and oxygen atoms in total. The third-order valence-electron chi connectivity index (χ3n) is 5.04. The molecule has 1 saturated heterocycles. The number of fused-ring (bicyclic) bond motifs is 1. The molecule has 0 amide bonds. The minimum atomic E-state index is 0.584. The van der Waals surface area contributed by atoms with Crippen LogP contribution in [0, 0.1) is 5.92 Å². The Bertz CT molecular complexity index is 575. The highest BCUT2D eigenvalue weighted by molar-refractivity contribution is 7.11.